The van der Waals surface area contributed by atoms with Crippen LogP contribution in [0.1, 0.15) is 34.0 Å². The van der Waals surface area contributed by atoms with Crippen molar-refractivity contribution in [3.05, 3.63) is 51.3 Å². The van der Waals surface area contributed by atoms with Crippen molar-refractivity contribution in [2.24, 2.45) is 7.05 Å². The topological polar surface area (TPSA) is 28.4 Å². The lowest BCUT2D eigenvalue weighted by Gasteiger charge is -2.22. The molecular weight excluding hydrogens is 296 g/mol. The van der Waals surface area contributed by atoms with Gasteiger partial charge in [-0.1, -0.05) is 11.6 Å². The van der Waals surface area contributed by atoms with Crippen molar-refractivity contribution in [1.29, 1.82) is 0 Å². The van der Waals surface area contributed by atoms with Crippen LogP contribution in [-0.2, 0) is 13.5 Å². The van der Waals surface area contributed by atoms with E-state index in [0.717, 1.165) is 19.5 Å². The monoisotopic (exact) mass is 318 g/mol. The maximum atomic E-state index is 10.1. The Kier molecular flexibility index (Phi) is 3.96. The summed E-state index contributed by atoms with van der Waals surface area (Å²) in [7, 11) is 4.26. The number of rotatable bonds is 1. The van der Waals surface area contributed by atoms with Crippen LogP contribution in [0.5, 0.6) is 5.75 Å². The first-order valence-electron chi connectivity index (χ1n) is 7.71. The molecular formula is C18H23ClN2O. The van der Waals surface area contributed by atoms with Gasteiger partial charge in [0.15, 0.2) is 0 Å². The van der Waals surface area contributed by atoms with Crippen LogP contribution in [-0.4, -0.2) is 34.7 Å². The van der Waals surface area contributed by atoms with E-state index in [2.05, 4.69) is 43.5 Å². The second-order valence-electron chi connectivity index (χ2n) is 6.45. The molecule has 3 nitrogen and oxygen atoms in total. The van der Waals surface area contributed by atoms with E-state index in [9.17, 15) is 5.11 Å². The van der Waals surface area contributed by atoms with E-state index in [1.54, 1.807) is 0 Å². The van der Waals surface area contributed by atoms with Gasteiger partial charge in [-0.3, -0.25) is 0 Å². The average Bonchev–Trinajstić information content (AvgIpc) is 2.64. The van der Waals surface area contributed by atoms with Crippen LogP contribution in [0, 0.1) is 13.8 Å². The first-order valence-corrected chi connectivity index (χ1v) is 8.09. The van der Waals surface area contributed by atoms with Crippen molar-refractivity contribution < 1.29 is 5.11 Å². The second kappa shape index (κ2) is 5.64. The molecule has 2 aromatic rings. The molecule has 1 atom stereocenters. The van der Waals surface area contributed by atoms with Gasteiger partial charge in [0, 0.05) is 37.4 Å². The summed E-state index contributed by atoms with van der Waals surface area (Å²) in [5.41, 5.74) is 6.35. The first-order chi connectivity index (χ1) is 10.4. The highest BCUT2D eigenvalue weighted by atomic mass is 35.5. The normalized spacial score (nSPS) is 19.0. The van der Waals surface area contributed by atoms with E-state index in [4.69, 9.17) is 11.6 Å². The van der Waals surface area contributed by atoms with Crippen LogP contribution >= 0.6 is 11.6 Å². The minimum Gasteiger partial charge on any atom is -0.506 e. The van der Waals surface area contributed by atoms with Crippen molar-refractivity contribution in [2.75, 3.05) is 20.1 Å². The SMILES string of the molecule is Cc1cc(C2CN(C)CCc3cc(Cl)c(O)cc32)c(C)n1C. The van der Waals surface area contributed by atoms with Gasteiger partial charge in [0.25, 0.3) is 0 Å². The molecule has 1 aliphatic rings. The predicted molar refractivity (Wildman–Crippen MR) is 91.0 cm³/mol. The van der Waals surface area contributed by atoms with Gasteiger partial charge >= 0.3 is 0 Å². The highest BCUT2D eigenvalue weighted by Gasteiger charge is 2.26. The number of hydrogen-bond acceptors (Lipinski definition) is 2. The third-order valence-electron chi connectivity index (χ3n) is 5.03. The Morgan fingerprint density at radius 2 is 1.86 bits per heavy atom. The molecule has 1 unspecified atom stereocenters. The molecule has 0 amide bonds. The average molecular weight is 319 g/mol. The van der Waals surface area contributed by atoms with Gasteiger partial charge in [-0.05, 0) is 62.2 Å². The maximum absolute atomic E-state index is 10.1. The molecule has 22 heavy (non-hydrogen) atoms. The van der Waals surface area contributed by atoms with Crippen molar-refractivity contribution >= 4 is 11.6 Å². The van der Waals surface area contributed by atoms with Crippen LogP contribution in [0.15, 0.2) is 18.2 Å². The Morgan fingerprint density at radius 1 is 1.14 bits per heavy atom. The van der Waals surface area contributed by atoms with Crippen LogP contribution in [0.25, 0.3) is 0 Å². The zero-order valence-corrected chi connectivity index (χ0v) is 14.4. The molecule has 2 heterocycles. The van der Waals surface area contributed by atoms with Gasteiger partial charge in [0.05, 0.1) is 5.02 Å². The first kappa shape index (κ1) is 15.4. The van der Waals surface area contributed by atoms with Crippen molar-refractivity contribution in [2.45, 2.75) is 26.2 Å². The molecule has 118 valence electrons. The van der Waals surface area contributed by atoms with Gasteiger partial charge in [-0.25, -0.2) is 0 Å². The molecule has 1 aliphatic heterocycles. The minimum absolute atomic E-state index is 0.181. The maximum Gasteiger partial charge on any atom is 0.134 e. The zero-order chi connectivity index (χ0) is 16.0. The fourth-order valence-corrected chi connectivity index (χ4v) is 3.66. The number of benzene rings is 1. The lowest BCUT2D eigenvalue weighted by atomic mass is 9.87. The Labute approximate surface area is 137 Å². The van der Waals surface area contributed by atoms with Crippen molar-refractivity contribution in [3.63, 3.8) is 0 Å². The van der Waals surface area contributed by atoms with Gasteiger partial charge in [-0.2, -0.15) is 0 Å². The van der Waals surface area contributed by atoms with Gasteiger partial charge in [-0.15, -0.1) is 0 Å². The van der Waals surface area contributed by atoms with E-state index >= 15 is 0 Å². The number of aromatic nitrogens is 1. The summed E-state index contributed by atoms with van der Waals surface area (Å²) in [5.74, 6) is 0.450. The number of nitrogens with zero attached hydrogens (tertiary/aromatic N) is 2. The van der Waals surface area contributed by atoms with Gasteiger partial charge in [0.2, 0.25) is 0 Å². The summed E-state index contributed by atoms with van der Waals surface area (Å²) in [6.07, 6.45) is 0.965. The number of aryl methyl sites for hydroxylation is 1. The smallest absolute Gasteiger partial charge is 0.134 e. The van der Waals surface area contributed by atoms with Crippen LogP contribution in [0.4, 0.5) is 0 Å². The van der Waals surface area contributed by atoms with Crippen LogP contribution in [0.2, 0.25) is 5.02 Å². The number of hydrogen-bond donors (Lipinski definition) is 1. The van der Waals surface area contributed by atoms with E-state index in [-0.39, 0.29) is 11.7 Å². The lowest BCUT2D eigenvalue weighted by molar-refractivity contribution is 0.337. The van der Waals surface area contributed by atoms with E-state index in [1.807, 2.05) is 12.1 Å². The van der Waals surface area contributed by atoms with Gasteiger partial charge in [0.1, 0.15) is 5.75 Å². The molecule has 3 rings (SSSR count). The third-order valence-corrected chi connectivity index (χ3v) is 5.33. The number of halogens is 1. The number of aromatic hydroxyl groups is 1. The molecule has 4 heteroatoms. The molecule has 1 aromatic carbocycles. The van der Waals surface area contributed by atoms with Gasteiger partial charge < -0.3 is 14.6 Å². The second-order valence-corrected chi connectivity index (χ2v) is 6.86. The molecule has 0 bridgehead atoms. The summed E-state index contributed by atoms with van der Waals surface area (Å²) in [6.45, 7) is 6.27. The summed E-state index contributed by atoms with van der Waals surface area (Å²) in [6, 6.07) is 6.07. The fourth-order valence-electron chi connectivity index (χ4n) is 3.48. The summed E-state index contributed by atoms with van der Waals surface area (Å²) in [4.78, 5) is 2.36. The molecule has 1 aromatic heterocycles. The summed E-state index contributed by atoms with van der Waals surface area (Å²) >= 11 is 6.12. The minimum atomic E-state index is 0.181. The summed E-state index contributed by atoms with van der Waals surface area (Å²) in [5, 5.41) is 10.5. The van der Waals surface area contributed by atoms with Crippen molar-refractivity contribution in [1.82, 2.24) is 9.47 Å². The highest BCUT2D eigenvalue weighted by Crippen LogP contribution is 2.38. The Balaban J connectivity index is 2.18. The molecule has 0 spiro atoms. The molecule has 0 saturated carbocycles. The number of phenols is 1. The number of likely N-dealkylation sites (N-methyl/N-ethyl adjacent to an activating group) is 1. The molecule has 0 aliphatic carbocycles. The standard InChI is InChI=1S/C18H23ClN2O/c1-11-7-14(12(2)21(11)4)16-10-20(3)6-5-13-8-17(19)18(22)9-15(13)16/h7-9,16,22H,5-6,10H2,1-4H3. The Bertz CT molecular complexity index is 720. The molecule has 0 radical (unpaired) electrons. The van der Waals surface area contributed by atoms with Crippen LogP contribution < -0.4 is 0 Å². The largest absolute Gasteiger partial charge is 0.506 e. The van der Waals surface area contributed by atoms with E-state index < -0.39 is 0 Å². The lowest BCUT2D eigenvalue weighted by Crippen LogP contribution is -2.24. The number of phenolic OH excluding ortho intramolecular Hbond substituents is 1. The number of fused-ring (bicyclic) bond motifs is 1. The van der Waals surface area contributed by atoms with Crippen LogP contribution in [0.3, 0.4) is 0 Å². The van der Waals surface area contributed by atoms with E-state index in [0.29, 0.717) is 5.02 Å². The molecule has 0 fully saturated rings. The summed E-state index contributed by atoms with van der Waals surface area (Å²) < 4.78 is 2.23. The Hall–Kier alpha value is -1.45. The predicted octanol–water partition coefficient (Wildman–Crippen LogP) is 3.62. The Morgan fingerprint density at radius 3 is 2.50 bits per heavy atom. The zero-order valence-electron chi connectivity index (χ0n) is 13.7. The van der Waals surface area contributed by atoms with E-state index in [1.165, 1.54) is 28.1 Å². The van der Waals surface area contributed by atoms with Crippen molar-refractivity contribution in [3.8, 4) is 5.75 Å². The molecule has 0 saturated heterocycles. The highest BCUT2D eigenvalue weighted by molar-refractivity contribution is 6.32. The quantitative estimate of drug-likeness (QED) is 0.870. The fraction of sp³-hybridized carbons (Fsp3) is 0.444. The third kappa shape index (κ3) is 2.53. The molecule has 1 N–H and O–H groups in total.